The number of hydrogen-bond donors (Lipinski definition) is 0. The lowest BCUT2D eigenvalue weighted by molar-refractivity contribution is 1.02. The molecular formula is C53H35N3SSi. The van der Waals surface area contributed by atoms with Crippen molar-refractivity contribution in [1.82, 2.24) is 14.1 Å². The van der Waals surface area contributed by atoms with Crippen molar-refractivity contribution in [2.24, 2.45) is 0 Å². The fraction of sp³-hybridized carbons (Fsp3) is 0. The average molecular weight is 774 g/mol. The minimum atomic E-state index is -3.14. The highest BCUT2D eigenvalue weighted by Gasteiger charge is 2.44. The Morgan fingerprint density at radius 1 is 0.345 bits per heavy atom. The number of para-hydroxylation sites is 4. The highest BCUT2D eigenvalue weighted by molar-refractivity contribution is 7.30. The quantitative estimate of drug-likeness (QED) is 0.122. The second kappa shape index (κ2) is 13.0. The van der Waals surface area contributed by atoms with Crippen molar-refractivity contribution in [3.63, 3.8) is 0 Å². The number of rotatable bonds is 6. The van der Waals surface area contributed by atoms with Crippen LogP contribution in [0, 0.1) is 0 Å². The molecule has 5 heteroatoms. The van der Waals surface area contributed by atoms with Gasteiger partial charge in [-0.2, -0.15) is 0 Å². The topological polar surface area (TPSA) is 22.8 Å². The number of aromatic nitrogens is 3. The zero-order chi connectivity index (χ0) is 38.2. The Hall–Kier alpha value is -7.05. The SMILES string of the molecule is c1ccc([Si](c2ccccc2)(c2cc(-n3c4ccccc4c4ccccc43)nc(-n3c4ccccc4c4ccccc43)c2)c2cccc3c2sc2ccccc23)cc1. The third-order valence-corrected chi connectivity index (χ3v) is 18.3. The minimum absolute atomic E-state index is 0.902. The summed E-state index contributed by atoms with van der Waals surface area (Å²) in [4.78, 5) is 5.76. The van der Waals surface area contributed by atoms with Gasteiger partial charge in [0.2, 0.25) is 0 Å². The summed E-state index contributed by atoms with van der Waals surface area (Å²) in [7, 11) is -3.14. The standard InChI is InChI=1S/C53H35N3SSi/c1-3-18-36(19-4-1)58(37-20-5-2-6-21-37,50-33-17-27-44-43-26-11-16-32-49(43)57-53(44)50)38-34-51(55-45-28-12-7-22-39(45)40-23-8-13-29-46(40)55)54-52(35-38)56-47-30-14-9-24-41(47)42-25-10-15-31-48(42)56/h1-35H. The molecule has 272 valence electrons. The van der Waals surface area contributed by atoms with Gasteiger partial charge < -0.3 is 0 Å². The highest BCUT2D eigenvalue weighted by Crippen LogP contribution is 2.36. The molecule has 4 aromatic heterocycles. The normalized spacial score (nSPS) is 12.1. The van der Waals surface area contributed by atoms with Gasteiger partial charge in [-0.3, -0.25) is 9.13 Å². The number of benzene rings is 8. The molecule has 0 amide bonds. The lowest BCUT2D eigenvalue weighted by atomic mass is 10.1. The Kier molecular flexibility index (Phi) is 7.42. The van der Waals surface area contributed by atoms with Gasteiger partial charge in [-0.25, -0.2) is 4.98 Å². The molecule has 0 unspecified atom stereocenters. The van der Waals surface area contributed by atoms with Gasteiger partial charge in [0.25, 0.3) is 0 Å². The van der Waals surface area contributed by atoms with E-state index in [1.54, 1.807) is 0 Å². The summed E-state index contributed by atoms with van der Waals surface area (Å²) in [6.07, 6.45) is 0. The number of nitrogens with zero attached hydrogens (tertiary/aromatic N) is 3. The summed E-state index contributed by atoms with van der Waals surface area (Å²) >= 11 is 1.92. The van der Waals surface area contributed by atoms with E-state index in [1.807, 2.05) is 11.3 Å². The smallest absolute Gasteiger partial charge is 0.181 e. The van der Waals surface area contributed by atoms with Crippen LogP contribution in [0.1, 0.15) is 0 Å². The molecule has 0 saturated carbocycles. The molecule has 3 nitrogen and oxygen atoms in total. The molecule has 12 aromatic rings. The van der Waals surface area contributed by atoms with Gasteiger partial charge in [0, 0.05) is 41.7 Å². The minimum Gasteiger partial charge on any atom is -0.294 e. The van der Waals surface area contributed by atoms with Crippen molar-refractivity contribution in [2.75, 3.05) is 0 Å². The van der Waals surface area contributed by atoms with Gasteiger partial charge in [-0.05, 0) is 63.2 Å². The fourth-order valence-corrected chi connectivity index (χ4v) is 16.2. The van der Waals surface area contributed by atoms with E-state index in [0.717, 1.165) is 33.7 Å². The third-order valence-electron chi connectivity index (χ3n) is 12.1. The first-order valence-corrected chi connectivity index (χ1v) is 22.6. The average Bonchev–Trinajstić information content (AvgIpc) is 3.96. The Balaban J connectivity index is 1.30. The zero-order valence-electron chi connectivity index (χ0n) is 31.5. The Labute approximate surface area is 340 Å². The molecule has 0 N–H and O–H groups in total. The summed E-state index contributed by atoms with van der Waals surface area (Å²) < 4.78 is 7.43. The molecule has 0 aliphatic carbocycles. The van der Waals surface area contributed by atoms with E-state index in [-0.39, 0.29) is 0 Å². The van der Waals surface area contributed by atoms with Crippen LogP contribution in [0.25, 0.3) is 75.4 Å². The first kappa shape index (κ1) is 33.1. The molecule has 0 aliphatic rings. The molecule has 0 spiro atoms. The van der Waals surface area contributed by atoms with Gasteiger partial charge in [0.05, 0.1) is 22.1 Å². The molecule has 58 heavy (non-hydrogen) atoms. The van der Waals surface area contributed by atoms with Gasteiger partial charge in [0.15, 0.2) is 8.07 Å². The lowest BCUT2D eigenvalue weighted by Crippen LogP contribution is -2.75. The highest BCUT2D eigenvalue weighted by atomic mass is 32.1. The van der Waals surface area contributed by atoms with Gasteiger partial charge in [-0.15, -0.1) is 11.3 Å². The predicted molar refractivity (Wildman–Crippen MR) is 249 cm³/mol. The van der Waals surface area contributed by atoms with Crippen molar-refractivity contribution >= 4 is 104 Å². The van der Waals surface area contributed by atoms with E-state index in [2.05, 4.69) is 221 Å². The van der Waals surface area contributed by atoms with Crippen LogP contribution < -0.4 is 20.7 Å². The number of thiophene rings is 1. The largest absolute Gasteiger partial charge is 0.294 e. The number of hydrogen-bond acceptors (Lipinski definition) is 2. The summed E-state index contributed by atoms with van der Waals surface area (Å²) in [5, 5.41) is 12.8. The van der Waals surface area contributed by atoms with Crippen molar-refractivity contribution in [3.8, 4) is 11.6 Å². The molecule has 0 aliphatic heterocycles. The van der Waals surface area contributed by atoms with Crippen molar-refractivity contribution in [3.05, 3.63) is 212 Å². The summed E-state index contributed by atoms with van der Waals surface area (Å²) in [5.74, 6) is 1.80. The summed E-state index contributed by atoms with van der Waals surface area (Å²) in [6, 6.07) is 78.4. The summed E-state index contributed by atoms with van der Waals surface area (Å²) in [6.45, 7) is 0. The van der Waals surface area contributed by atoms with Crippen LogP contribution in [0.2, 0.25) is 0 Å². The molecule has 0 radical (unpaired) electrons. The van der Waals surface area contributed by atoms with Crippen LogP contribution in [-0.2, 0) is 0 Å². The maximum atomic E-state index is 5.76. The Morgan fingerprint density at radius 3 is 1.22 bits per heavy atom. The monoisotopic (exact) mass is 773 g/mol. The molecule has 12 rings (SSSR count). The first-order valence-electron chi connectivity index (χ1n) is 19.8. The van der Waals surface area contributed by atoms with Crippen molar-refractivity contribution in [2.45, 2.75) is 0 Å². The predicted octanol–water partition coefficient (Wildman–Crippen LogP) is 11.0. The molecule has 4 heterocycles. The Morgan fingerprint density at radius 2 is 0.741 bits per heavy atom. The van der Waals surface area contributed by atoms with Crippen LogP contribution in [0.3, 0.4) is 0 Å². The van der Waals surface area contributed by atoms with Crippen LogP contribution in [0.4, 0.5) is 0 Å². The molecule has 0 saturated heterocycles. The van der Waals surface area contributed by atoms with Crippen LogP contribution in [-0.4, -0.2) is 22.2 Å². The maximum absolute atomic E-state index is 5.76. The van der Waals surface area contributed by atoms with Crippen molar-refractivity contribution < 1.29 is 0 Å². The molecule has 0 atom stereocenters. The van der Waals surface area contributed by atoms with E-state index in [0.29, 0.717) is 0 Å². The van der Waals surface area contributed by atoms with E-state index in [4.69, 9.17) is 4.98 Å². The number of pyridine rings is 1. The lowest BCUT2D eigenvalue weighted by Gasteiger charge is -2.35. The third kappa shape index (κ3) is 4.75. The second-order valence-corrected chi connectivity index (χ2v) is 19.9. The molecular weight excluding hydrogens is 739 g/mol. The molecule has 0 bridgehead atoms. The van der Waals surface area contributed by atoms with E-state index < -0.39 is 8.07 Å². The zero-order valence-corrected chi connectivity index (χ0v) is 33.3. The Bertz CT molecular complexity index is 3250. The fourth-order valence-electron chi connectivity index (χ4n) is 9.67. The van der Waals surface area contributed by atoms with Gasteiger partial charge >= 0.3 is 0 Å². The van der Waals surface area contributed by atoms with Crippen LogP contribution in [0.5, 0.6) is 0 Å². The number of fused-ring (bicyclic) bond motifs is 9. The van der Waals surface area contributed by atoms with Gasteiger partial charge in [-0.1, -0.05) is 170 Å². The van der Waals surface area contributed by atoms with E-state index in [9.17, 15) is 0 Å². The first-order chi connectivity index (χ1) is 28.8. The van der Waals surface area contributed by atoms with E-state index >= 15 is 0 Å². The van der Waals surface area contributed by atoms with Crippen LogP contribution >= 0.6 is 11.3 Å². The summed E-state index contributed by atoms with van der Waals surface area (Å²) in [5.41, 5.74) is 4.55. The second-order valence-electron chi connectivity index (χ2n) is 15.1. The van der Waals surface area contributed by atoms with Crippen molar-refractivity contribution in [1.29, 1.82) is 0 Å². The molecule has 0 fully saturated rings. The maximum Gasteiger partial charge on any atom is 0.181 e. The van der Waals surface area contributed by atoms with Gasteiger partial charge in [0.1, 0.15) is 11.6 Å². The van der Waals surface area contributed by atoms with Crippen LogP contribution in [0.15, 0.2) is 212 Å². The molecule has 8 aromatic carbocycles. The van der Waals surface area contributed by atoms with E-state index in [1.165, 1.54) is 62.5 Å².